The summed E-state index contributed by atoms with van der Waals surface area (Å²) in [6.45, 7) is 1.21. The summed E-state index contributed by atoms with van der Waals surface area (Å²) in [6.07, 6.45) is 14.2. The lowest BCUT2D eigenvalue weighted by molar-refractivity contribution is -0.135. The van der Waals surface area contributed by atoms with E-state index in [9.17, 15) is 19.2 Å². The van der Waals surface area contributed by atoms with Crippen LogP contribution in [0.1, 0.15) is 84.5 Å². The molecule has 60 heavy (non-hydrogen) atoms. The second kappa shape index (κ2) is 20.1. The number of aryl methyl sites for hydroxylation is 4. The number of benzene rings is 2. The number of ether oxygens (including phenoxy) is 2. The summed E-state index contributed by atoms with van der Waals surface area (Å²) in [5, 5.41) is 5.50. The summed E-state index contributed by atoms with van der Waals surface area (Å²) < 4.78 is 9.65. The molecule has 2 aliphatic heterocycles. The second-order valence-corrected chi connectivity index (χ2v) is 17.6. The molecule has 4 aliphatic carbocycles. The van der Waals surface area contributed by atoms with Gasteiger partial charge in [0.15, 0.2) is 0 Å². The molecule has 4 atom stereocenters. The minimum Gasteiger partial charge on any atom is -0.453 e. The van der Waals surface area contributed by atoms with Gasteiger partial charge in [-0.25, -0.2) is 19.6 Å². The Hall–Kier alpha value is -4.96. The largest absolute Gasteiger partial charge is 0.453 e. The summed E-state index contributed by atoms with van der Waals surface area (Å²) in [6, 6.07) is 11.7. The summed E-state index contributed by atoms with van der Waals surface area (Å²) in [4.78, 5) is 72.5. The van der Waals surface area contributed by atoms with Crippen LogP contribution in [0.25, 0.3) is 22.5 Å². The van der Waals surface area contributed by atoms with E-state index in [1.54, 1.807) is 23.5 Å². The van der Waals surface area contributed by atoms with Crippen molar-refractivity contribution in [3.05, 3.63) is 82.7 Å². The molecule has 14 nitrogen and oxygen atoms in total. The number of imidazole rings is 2. The SMILES string of the molecule is COC(=O)NC(CCSC)C(=O)N1CCCC1c1ncc(-c2cc3ccc2CCc2ccc(c(-c4cnc(C5CCCN5C(=O)C(CCSC)NC(=O)OC)[nH]4)c2)CC3)[nH]1. The molecule has 0 spiro atoms. The highest BCUT2D eigenvalue weighted by Crippen LogP contribution is 2.36. The van der Waals surface area contributed by atoms with E-state index >= 15 is 0 Å². The Morgan fingerprint density at radius 3 is 1.53 bits per heavy atom. The van der Waals surface area contributed by atoms with Crippen molar-refractivity contribution in [1.29, 1.82) is 0 Å². The Morgan fingerprint density at radius 1 is 0.700 bits per heavy atom. The van der Waals surface area contributed by atoms with E-state index in [0.29, 0.717) is 25.9 Å². The van der Waals surface area contributed by atoms with Gasteiger partial charge in [-0.15, -0.1) is 0 Å². The van der Waals surface area contributed by atoms with Crippen LogP contribution >= 0.6 is 23.5 Å². The van der Waals surface area contributed by atoms with Gasteiger partial charge in [0.2, 0.25) is 11.8 Å². The molecule has 2 aromatic carbocycles. The molecule has 4 amide bonds. The van der Waals surface area contributed by atoms with Gasteiger partial charge >= 0.3 is 12.2 Å². The Balaban J connectivity index is 1.08. The molecule has 2 saturated heterocycles. The van der Waals surface area contributed by atoms with Crippen molar-refractivity contribution in [1.82, 2.24) is 40.4 Å². The molecule has 10 rings (SSSR count). The van der Waals surface area contributed by atoms with Crippen LogP contribution in [0.4, 0.5) is 9.59 Å². The molecular formula is C44H56N8O6S2. The molecule has 4 bridgehead atoms. The normalized spacial score (nSPS) is 18.5. The summed E-state index contributed by atoms with van der Waals surface area (Å²) in [7, 11) is 2.62. The van der Waals surface area contributed by atoms with Crippen LogP contribution in [0.2, 0.25) is 0 Å². The summed E-state index contributed by atoms with van der Waals surface area (Å²) in [5.74, 6) is 2.76. The average molecular weight is 857 g/mol. The Labute approximate surface area is 360 Å². The number of amides is 4. The van der Waals surface area contributed by atoms with E-state index in [1.165, 1.54) is 36.5 Å². The zero-order chi connectivity index (χ0) is 42.2. The predicted molar refractivity (Wildman–Crippen MR) is 235 cm³/mol. The maximum Gasteiger partial charge on any atom is 0.407 e. The molecule has 4 aromatic rings. The van der Waals surface area contributed by atoms with Gasteiger partial charge in [-0.05, 0) is 123 Å². The number of likely N-dealkylation sites (tertiary alicyclic amines) is 2. The number of nitrogens with one attached hydrogen (secondary N) is 4. The van der Waals surface area contributed by atoms with Gasteiger partial charge in [0.25, 0.3) is 0 Å². The fourth-order valence-electron chi connectivity index (χ4n) is 8.76. The van der Waals surface area contributed by atoms with Gasteiger partial charge in [0.05, 0.1) is 50.1 Å². The molecule has 16 heteroatoms. The maximum absolute atomic E-state index is 13.8. The molecule has 4 heterocycles. The molecule has 6 aliphatic rings. The number of aromatic amines is 2. The first kappa shape index (κ1) is 43.1. The number of carbonyl (C=O) groups excluding carboxylic acids is 4. The fourth-order valence-corrected chi connectivity index (χ4v) is 9.70. The molecule has 320 valence electrons. The van der Waals surface area contributed by atoms with Gasteiger partial charge in [0.1, 0.15) is 23.7 Å². The summed E-state index contributed by atoms with van der Waals surface area (Å²) in [5.41, 5.74) is 8.96. The van der Waals surface area contributed by atoms with Crippen molar-refractivity contribution in [2.75, 3.05) is 51.3 Å². The quantitative estimate of drug-likeness (QED) is 0.108. The third kappa shape index (κ3) is 9.80. The molecule has 0 saturated carbocycles. The number of hydrogen-bond acceptors (Lipinski definition) is 10. The number of alkyl carbamates (subject to hydrolysis) is 2. The van der Waals surface area contributed by atoms with E-state index in [-0.39, 0.29) is 23.9 Å². The molecule has 0 radical (unpaired) electrons. The molecule has 2 aromatic heterocycles. The van der Waals surface area contributed by atoms with Crippen LogP contribution in [0.15, 0.2) is 48.8 Å². The van der Waals surface area contributed by atoms with Crippen LogP contribution in [0, 0.1) is 0 Å². The van der Waals surface area contributed by atoms with E-state index in [4.69, 9.17) is 19.4 Å². The number of methoxy groups -OCH3 is 2. The van der Waals surface area contributed by atoms with E-state index in [1.807, 2.05) is 34.7 Å². The van der Waals surface area contributed by atoms with E-state index < -0.39 is 24.3 Å². The van der Waals surface area contributed by atoms with E-state index in [2.05, 4.69) is 57.0 Å². The van der Waals surface area contributed by atoms with Crippen molar-refractivity contribution in [2.24, 2.45) is 0 Å². The smallest absolute Gasteiger partial charge is 0.407 e. The van der Waals surface area contributed by atoms with Gasteiger partial charge in [0, 0.05) is 24.2 Å². The highest BCUT2D eigenvalue weighted by Gasteiger charge is 2.38. The van der Waals surface area contributed by atoms with Crippen molar-refractivity contribution in [2.45, 2.75) is 88.4 Å². The highest BCUT2D eigenvalue weighted by atomic mass is 32.2. The number of H-pyrrole nitrogens is 2. The zero-order valence-corrected chi connectivity index (χ0v) is 36.5. The highest BCUT2D eigenvalue weighted by molar-refractivity contribution is 7.98. The van der Waals surface area contributed by atoms with E-state index in [0.717, 1.165) is 97.0 Å². The molecule has 2 fully saturated rings. The average Bonchev–Trinajstić information content (AvgIpc) is 4.11. The Bertz CT molecular complexity index is 2010. The van der Waals surface area contributed by atoms with Gasteiger partial charge in [-0.3, -0.25) is 9.59 Å². The van der Waals surface area contributed by atoms with Crippen molar-refractivity contribution in [3.8, 4) is 22.5 Å². The molecule has 4 unspecified atom stereocenters. The second-order valence-electron chi connectivity index (χ2n) is 15.7. The minimum absolute atomic E-state index is 0.112. The standard InChI is InChI=1S/C44H56N8O6S2/c1-57-43(55)49-33(17-21-59-3)41(53)51-19-5-7-37(51)39-45-25-35(47-39)31-23-27-9-13-29(31)15-11-28-10-14-30(16-12-27)32(24-28)36-26-46-40(48-36)38-8-6-20-52(38)42(54)34(18-22-60-4)50-44(56)58-2/h9-10,13-14,23-26,33-34,37-38H,5-8,11-12,15-22H2,1-4H3,(H,45,47)(H,46,48)(H,49,55)(H,50,56). The van der Waals surface area contributed by atoms with Crippen LogP contribution < -0.4 is 10.6 Å². The molecule has 4 N–H and O–H groups in total. The lowest BCUT2D eigenvalue weighted by Gasteiger charge is -2.28. The number of rotatable bonds is 14. The van der Waals surface area contributed by atoms with Gasteiger partial charge in [-0.2, -0.15) is 23.5 Å². The van der Waals surface area contributed by atoms with Crippen molar-refractivity contribution in [3.63, 3.8) is 0 Å². The first-order chi connectivity index (χ1) is 29.2. The maximum atomic E-state index is 13.8. The number of hydrogen-bond donors (Lipinski definition) is 4. The minimum atomic E-state index is -0.662. The number of carbonyl (C=O) groups is 4. The number of nitrogens with zero attached hydrogens (tertiary/aromatic N) is 4. The Kier molecular flexibility index (Phi) is 14.4. The van der Waals surface area contributed by atoms with Crippen molar-refractivity contribution >= 4 is 47.5 Å². The number of thioether (sulfide) groups is 2. The third-order valence-electron chi connectivity index (χ3n) is 12.0. The van der Waals surface area contributed by atoms with Crippen LogP contribution in [0.5, 0.6) is 0 Å². The zero-order valence-electron chi connectivity index (χ0n) is 34.9. The van der Waals surface area contributed by atoms with Crippen LogP contribution in [-0.2, 0) is 44.7 Å². The third-order valence-corrected chi connectivity index (χ3v) is 13.2. The fraction of sp³-hybridized carbons (Fsp3) is 0.500. The predicted octanol–water partition coefficient (Wildman–Crippen LogP) is 6.63. The lowest BCUT2D eigenvalue weighted by atomic mass is 9.90. The Morgan fingerprint density at radius 2 is 1.13 bits per heavy atom. The monoisotopic (exact) mass is 856 g/mol. The van der Waals surface area contributed by atoms with Gasteiger partial charge < -0.3 is 39.9 Å². The molecular weight excluding hydrogens is 801 g/mol. The van der Waals surface area contributed by atoms with Crippen LogP contribution in [0.3, 0.4) is 0 Å². The number of aromatic nitrogens is 4. The first-order valence-electron chi connectivity index (χ1n) is 20.8. The van der Waals surface area contributed by atoms with Crippen LogP contribution in [-0.4, -0.2) is 117 Å². The topological polar surface area (TPSA) is 175 Å². The van der Waals surface area contributed by atoms with Crippen molar-refractivity contribution < 1.29 is 28.7 Å². The lowest BCUT2D eigenvalue weighted by Crippen LogP contribution is -2.48. The summed E-state index contributed by atoms with van der Waals surface area (Å²) >= 11 is 3.27. The van der Waals surface area contributed by atoms with Gasteiger partial charge in [-0.1, -0.05) is 24.3 Å². The first-order valence-corrected chi connectivity index (χ1v) is 23.6.